The number of carbonyl (C=O) groups excluding carboxylic acids is 1. The number of carboxylic acid groups (broad SMARTS) is 1. The van der Waals surface area contributed by atoms with Gasteiger partial charge < -0.3 is 10.4 Å². The Morgan fingerprint density at radius 2 is 2.00 bits per heavy atom. The van der Waals surface area contributed by atoms with Gasteiger partial charge in [0.15, 0.2) is 0 Å². The van der Waals surface area contributed by atoms with Crippen LogP contribution in [0.4, 0.5) is 0 Å². The van der Waals surface area contributed by atoms with Crippen LogP contribution in [0.3, 0.4) is 0 Å². The molecule has 2 N–H and O–H groups in total. The number of halogens is 2. The van der Waals surface area contributed by atoms with Gasteiger partial charge >= 0.3 is 5.97 Å². The zero-order chi connectivity index (χ0) is 14.0. The molecule has 1 aromatic rings. The lowest BCUT2D eigenvalue weighted by molar-refractivity contribution is -0.141. The van der Waals surface area contributed by atoms with Gasteiger partial charge in [0, 0.05) is 15.8 Å². The highest BCUT2D eigenvalue weighted by Gasteiger charge is 2.32. The minimum absolute atomic E-state index is 0.264. The van der Waals surface area contributed by atoms with Crippen LogP contribution in [-0.4, -0.2) is 34.0 Å². The third-order valence-corrected chi connectivity index (χ3v) is 4.46. The first-order chi connectivity index (χ1) is 8.95. The van der Waals surface area contributed by atoms with Crippen LogP contribution in [0.5, 0.6) is 0 Å². The van der Waals surface area contributed by atoms with Gasteiger partial charge in [-0.05, 0) is 30.2 Å². The molecule has 2 rings (SSSR count). The molecular formula is C12H11Cl2NO3S. The molecule has 0 aliphatic carbocycles. The summed E-state index contributed by atoms with van der Waals surface area (Å²) in [4.78, 5) is 22.6. The van der Waals surface area contributed by atoms with Crippen LogP contribution >= 0.6 is 35.0 Å². The van der Waals surface area contributed by atoms with Crippen LogP contribution in [0.2, 0.25) is 10.0 Å². The van der Waals surface area contributed by atoms with Crippen molar-refractivity contribution in [3.63, 3.8) is 0 Å². The fourth-order valence-electron chi connectivity index (χ4n) is 1.82. The van der Waals surface area contributed by atoms with Gasteiger partial charge in [-0.15, -0.1) is 11.8 Å². The summed E-state index contributed by atoms with van der Waals surface area (Å²) >= 11 is 13.1. The molecule has 0 radical (unpaired) electrons. The molecule has 1 amide bonds. The second kappa shape index (κ2) is 6.03. The molecular weight excluding hydrogens is 309 g/mol. The summed E-state index contributed by atoms with van der Waals surface area (Å²) in [5, 5.41) is 12.1. The number of aliphatic carboxylic acids is 1. The summed E-state index contributed by atoms with van der Waals surface area (Å²) in [6.45, 7) is 0. The van der Waals surface area contributed by atoms with Crippen molar-refractivity contribution < 1.29 is 14.7 Å². The third kappa shape index (κ3) is 3.78. The highest BCUT2D eigenvalue weighted by atomic mass is 35.5. The molecule has 1 fully saturated rings. The van der Waals surface area contributed by atoms with E-state index in [1.807, 2.05) is 0 Å². The zero-order valence-corrected chi connectivity index (χ0v) is 12.1. The number of hydrogen-bond acceptors (Lipinski definition) is 3. The molecule has 1 aliphatic rings. The second-order valence-corrected chi connectivity index (χ2v) is 6.31. The maximum absolute atomic E-state index is 11.8. The van der Waals surface area contributed by atoms with E-state index in [0.717, 1.165) is 5.56 Å². The first kappa shape index (κ1) is 14.5. The highest BCUT2D eigenvalue weighted by molar-refractivity contribution is 8.00. The van der Waals surface area contributed by atoms with Crippen LogP contribution < -0.4 is 5.32 Å². The average Bonchev–Trinajstić information content (AvgIpc) is 2.30. The number of rotatable bonds is 3. The van der Waals surface area contributed by atoms with Gasteiger partial charge in [-0.25, -0.2) is 4.79 Å². The largest absolute Gasteiger partial charge is 0.480 e. The first-order valence-corrected chi connectivity index (χ1v) is 7.36. The van der Waals surface area contributed by atoms with Crippen molar-refractivity contribution in [2.24, 2.45) is 0 Å². The molecule has 1 saturated heterocycles. The van der Waals surface area contributed by atoms with Crippen molar-refractivity contribution in [1.82, 2.24) is 5.32 Å². The lowest BCUT2D eigenvalue weighted by Gasteiger charge is -2.26. The van der Waals surface area contributed by atoms with Crippen molar-refractivity contribution in [3.8, 4) is 0 Å². The summed E-state index contributed by atoms with van der Waals surface area (Å²) in [5.74, 6) is -0.912. The average molecular weight is 320 g/mol. The van der Waals surface area contributed by atoms with E-state index >= 15 is 0 Å². The van der Waals surface area contributed by atoms with Crippen molar-refractivity contribution in [3.05, 3.63) is 33.8 Å². The maximum atomic E-state index is 11.8. The molecule has 1 heterocycles. The molecule has 0 aromatic heterocycles. The molecule has 0 bridgehead atoms. The molecule has 0 spiro atoms. The van der Waals surface area contributed by atoms with Crippen LogP contribution in [-0.2, 0) is 16.0 Å². The number of nitrogens with one attached hydrogen (secondary N) is 1. The predicted molar refractivity (Wildman–Crippen MR) is 76.0 cm³/mol. The van der Waals surface area contributed by atoms with Gasteiger partial charge in [-0.1, -0.05) is 23.2 Å². The van der Waals surface area contributed by atoms with E-state index < -0.39 is 12.0 Å². The van der Waals surface area contributed by atoms with E-state index in [1.54, 1.807) is 18.2 Å². The number of hydrogen-bond donors (Lipinski definition) is 2. The molecule has 7 heteroatoms. The fraction of sp³-hybridized carbons (Fsp3) is 0.333. The Kier molecular flexibility index (Phi) is 4.60. The van der Waals surface area contributed by atoms with E-state index in [-0.39, 0.29) is 11.2 Å². The number of benzene rings is 1. The zero-order valence-electron chi connectivity index (χ0n) is 9.73. The summed E-state index contributed by atoms with van der Waals surface area (Å²) in [6.07, 6.45) is 0.475. The minimum atomic E-state index is -1.01. The maximum Gasteiger partial charge on any atom is 0.327 e. The van der Waals surface area contributed by atoms with Crippen LogP contribution in [0.15, 0.2) is 18.2 Å². The predicted octanol–water partition coefficient (Wildman–Crippen LogP) is 2.22. The van der Waals surface area contributed by atoms with Crippen molar-refractivity contribution in [1.29, 1.82) is 0 Å². The van der Waals surface area contributed by atoms with Crippen molar-refractivity contribution in [2.45, 2.75) is 17.7 Å². The number of carbonyl (C=O) groups is 2. The molecule has 0 unspecified atom stereocenters. The monoisotopic (exact) mass is 319 g/mol. The lowest BCUT2D eigenvalue weighted by atomic mass is 10.1. The Balaban J connectivity index is 2.04. The standard InChI is InChI=1S/C12H11Cl2NO3S/c13-7-1-6(2-8(14)4-7)3-10-11(16)15-9(5-19-10)12(17)18/h1-2,4,9-10H,3,5H2,(H,15,16)(H,17,18)/t9-,10-/m1/s1. The van der Waals surface area contributed by atoms with Gasteiger partial charge in [-0.2, -0.15) is 0 Å². The Bertz CT molecular complexity index is 503. The van der Waals surface area contributed by atoms with Gasteiger partial charge in [0.1, 0.15) is 6.04 Å². The number of carboxylic acids is 1. The van der Waals surface area contributed by atoms with Crippen molar-refractivity contribution in [2.75, 3.05) is 5.75 Å². The highest BCUT2D eigenvalue weighted by Crippen LogP contribution is 2.25. The molecule has 1 aromatic carbocycles. The Morgan fingerprint density at radius 3 is 2.53 bits per heavy atom. The summed E-state index contributed by atoms with van der Waals surface area (Å²) in [7, 11) is 0. The Hall–Kier alpha value is -0.910. The van der Waals surface area contributed by atoms with E-state index in [0.29, 0.717) is 22.2 Å². The fourth-order valence-corrected chi connectivity index (χ4v) is 3.57. The van der Waals surface area contributed by atoms with E-state index in [2.05, 4.69) is 5.32 Å². The molecule has 2 atom stereocenters. The van der Waals surface area contributed by atoms with Crippen molar-refractivity contribution >= 4 is 46.8 Å². The van der Waals surface area contributed by atoms with Gasteiger partial charge in [0.05, 0.1) is 5.25 Å². The molecule has 102 valence electrons. The normalized spacial score (nSPS) is 22.9. The van der Waals surface area contributed by atoms with E-state index in [1.165, 1.54) is 11.8 Å². The van der Waals surface area contributed by atoms with E-state index in [4.69, 9.17) is 28.3 Å². The minimum Gasteiger partial charge on any atom is -0.480 e. The molecule has 19 heavy (non-hydrogen) atoms. The summed E-state index contributed by atoms with van der Waals surface area (Å²) < 4.78 is 0. The first-order valence-electron chi connectivity index (χ1n) is 5.55. The summed E-state index contributed by atoms with van der Waals surface area (Å²) in [6, 6.07) is 4.33. The SMILES string of the molecule is O=C(O)[C@H]1CS[C@H](Cc2cc(Cl)cc(Cl)c2)C(=O)N1. The second-order valence-electron chi connectivity index (χ2n) is 4.20. The lowest BCUT2D eigenvalue weighted by Crippen LogP contribution is -2.51. The van der Waals surface area contributed by atoms with Gasteiger partial charge in [0.2, 0.25) is 5.91 Å². The number of thioether (sulfide) groups is 1. The topological polar surface area (TPSA) is 66.4 Å². The molecule has 0 saturated carbocycles. The molecule has 1 aliphatic heterocycles. The van der Waals surface area contributed by atoms with Gasteiger partial charge in [0.25, 0.3) is 0 Å². The van der Waals surface area contributed by atoms with E-state index in [9.17, 15) is 9.59 Å². The smallest absolute Gasteiger partial charge is 0.327 e. The Labute approximate surface area is 124 Å². The summed E-state index contributed by atoms with van der Waals surface area (Å²) in [5.41, 5.74) is 0.860. The quantitative estimate of drug-likeness (QED) is 0.896. The van der Waals surface area contributed by atoms with Crippen LogP contribution in [0, 0.1) is 0 Å². The number of amides is 1. The Morgan fingerprint density at radius 1 is 1.37 bits per heavy atom. The molecule has 4 nitrogen and oxygen atoms in total. The third-order valence-electron chi connectivity index (χ3n) is 2.71. The van der Waals surface area contributed by atoms with Crippen LogP contribution in [0.1, 0.15) is 5.56 Å². The van der Waals surface area contributed by atoms with Crippen LogP contribution in [0.25, 0.3) is 0 Å². The van der Waals surface area contributed by atoms with Gasteiger partial charge in [-0.3, -0.25) is 4.79 Å².